The second-order valence-electron chi connectivity index (χ2n) is 7.63. The molecule has 3 aromatic rings. The van der Waals surface area contributed by atoms with E-state index in [4.69, 9.17) is 4.74 Å². The summed E-state index contributed by atoms with van der Waals surface area (Å²) in [6, 6.07) is 24.7. The van der Waals surface area contributed by atoms with E-state index >= 15 is 0 Å². The lowest BCUT2D eigenvalue weighted by molar-refractivity contribution is 0.155. The predicted molar refractivity (Wildman–Crippen MR) is 112 cm³/mol. The predicted octanol–water partition coefficient (Wildman–Crippen LogP) is 5.70. The molecule has 1 atom stereocenters. The Balaban J connectivity index is 1.32. The van der Waals surface area contributed by atoms with Crippen molar-refractivity contribution in [1.82, 2.24) is 0 Å². The summed E-state index contributed by atoms with van der Waals surface area (Å²) in [5.74, 6) is 0.623. The zero-order valence-electron chi connectivity index (χ0n) is 16.2. The van der Waals surface area contributed by atoms with Gasteiger partial charge in [-0.1, -0.05) is 66.2 Å². The van der Waals surface area contributed by atoms with Gasteiger partial charge in [0.05, 0.1) is 0 Å². The molecule has 142 valence electrons. The van der Waals surface area contributed by atoms with Crippen molar-refractivity contribution in [2.75, 3.05) is 5.32 Å². The van der Waals surface area contributed by atoms with Gasteiger partial charge in [-0.2, -0.15) is 0 Å². The number of aryl methyl sites for hydroxylation is 1. The summed E-state index contributed by atoms with van der Waals surface area (Å²) in [5.41, 5.74) is 7.19. The van der Waals surface area contributed by atoms with Gasteiger partial charge in [-0.3, -0.25) is 5.32 Å². The van der Waals surface area contributed by atoms with Gasteiger partial charge in [-0.25, -0.2) is 4.79 Å². The number of hydrogen-bond donors (Lipinski definition) is 1. The molecule has 3 nitrogen and oxygen atoms in total. The fourth-order valence-electron chi connectivity index (χ4n) is 3.87. The lowest BCUT2D eigenvalue weighted by Crippen LogP contribution is -2.13. The van der Waals surface area contributed by atoms with Crippen LogP contribution in [0.5, 0.6) is 0 Å². The number of carbonyl (C=O) groups is 1. The van der Waals surface area contributed by atoms with Gasteiger partial charge in [0, 0.05) is 5.69 Å². The van der Waals surface area contributed by atoms with Gasteiger partial charge < -0.3 is 4.74 Å². The molecular weight excluding hydrogens is 346 g/mol. The Hall–Kier alpha value is -3.07. The van der Waals surface area contributed by atoms with Crippen LogP contribution < -0.4 is 5.32 Å². The molecule has 0 aliphatic heterocycles. The molecule has 28 heavy (non-hydrogen) atoms. The monoisotopic (exact) mass is 371 g/mol. The van der Waals surface area contributed by atoms with Gasteiger partial charge in [0.25, 0.3) is 0 Å². The van der Waals surface area contributed by atoms with Gasteiger partial charge >= 0.3 is 6.09 Å². The van der Waals surface area contributed by atoms with E-state index in [1.165, 1.54) is 22.3 Å². The first kappa shape index (κ1) is 18.3. The molecular formula is C25H25NO2. The van der Waals surface area contributed by atoms with Crippen LogP contribution in [0, 0.1) is 12.8 Å². The first-order valence-corrected chi connectivity index (χ1v) is 9.81. The molecule has 0 heterocycles. The van der Waals surface area contributed by atoms with Crippen molar-refractivity contribution in [3.63, 3.8) is 0 Å². The fraction of sp³-hybridized carbons (Fsp3) is 0.240. The van der Waals surface area contributed by atoms with Crippen LogP contribution in [0.2, 0.25) is 0 Å². The highest BCUT2D eigenvalue weighted by Gasteiger charge is 2.22. The highest BCUT2D eigenvalue weighted by Crippen LogP contribution is 2.31. The maximum atomic E-state index is 12.1. The van der Waals surface area contributed by atoms with Crippen LogP contribution in [0.1, 0.15) is 27.8 Å². The Labute approximate surface area is 166 Å². The number of nitrogens with one attached hydrogen (secondary N) is 1. The summed E-state index contributed by atoms with van der Waals surface area (Å²) in [4.78, 5) is 12.1. The number of fused-ring (bicyclic) bond motifs is 1. The number of rotatable bonds is 5. The van der Waals surface area contributed by atoms with Gasteiger partial charge in [0.15, 0.2) is 0 Å². The zero-order valence-corrected chi connectivity index (χ0v) is 16.2. The first-order chi connectivity index (χ1) is 13.7. The number of carbonyl (C=O) groups excluding carboxylic acids is 1. The first-order valence-electron chi connectivity index (χ1n) is 9.81. The molecule has 0 spiro atoms. The molecule has 1 aliphatic rings. The van der Waals surface area contributed by atoms with E-state index in [9.17, 15) is 4.79 Å². The number of amides is 1. The quantitative estimate of drug-likeness (QED) is 0.625. The van der Waals surface area contributed by atoms with E-state index in [1.807, 2.05) is 36.4 Å². The van der Waals surface area contributed by atoms with Crippen LogP contribution in [0.4, 0.5) is 10.5 Å². The molecule has 4 rings (SSSR count). The molecule has 1 amide bonds. The van der Waals surface area contributed by atoms with E-state index in [-0.39, 0.29) is 6.61 Å². The van der Waals surface area contributed by atoms with Crippen LogP contribution >= 0.6 is 0 Å². The third-order valence-corrected chi connectivity index (χ3v) is 5.33. The van der Waals surface area contributed by atoms with Crippen molar-refractivity contribution in [2.45, 2.75) is 32.8 Å². The number of benzene rings is 3. The summed E-state index contributed by atoms with van der Waals surface area (Å²) in [7, 11) is 0. The Morgan fingerprint density at radius 2 is 1.68 bits per heavy atom. The fourth-order valence-corrected chi connectivity index (χ4v) is 3.87. The molecule has 0 saturated carbocycles. The van der Waals surface area contributed by atoms with E-state index in [0.29, 0.717) is 5.92 Å². The Morgan fingerprint density at radius 1 is 0.929 bits per heavy atom. The minimum Gasteiger partial charge on any atom is -0.444 e. The SMILES string of the molecule is Cc1ccc(CC2Cc3ccc(NC(=O)OCc4ccccc4)cc3C2)cc1. The summed E-state index contributed by atoms with van der Waals surface area (Å²) in [6.07, 6.45) is 2.83. The van der Waals surface area contributed by atoms with Crippen molar-refractivity contribution in [2.24, 2.45) is 5.92 Å². The Morgan fingerprint density at radius 3 is 2.46 bits per heavy atom. The molecule has 0 aromatic heterocycles. The summed E-state index contributed by atoms with van der Waals surface area (Å²) < 4.78 is 5.31. The standard InChI is InChI=1S/C25H25NO2/c1-18-7-9-19(10-8-18)13-21-14-22-11-12-24(16-23(22)15-21)26-25(27)28-17-20-5-3-2-4-6-20/h2-12,16,21H,13-15,17H2,1H3,(H,26,27). The highest BCUT2D eigenvalue weighted by atomic mass is 16.5. The van der Waals surface area contributed by atoms with Crippen LogP contribution in [-0.2, 0) is 30.6 Å². The molecule has 0 bridgehead atoms. The molecule has 1 aliphatic carbocycles. The van der Waals surface area contributed by atoms with Crippen molar-refractivity contribution in [1.29, 1.82) is 0 Å². The molecule has 0 saturated heterocycles. The van der Waals surface area contributed by atoms with Gasteiger partial charge in [-0.05, 0) is 66.5 Å². The molecule has 1 unspecified atom stereocenters. The number of ether oxygens (including phenoxy) is 1. The lowest BCUT2D eigenvalue weighted by Gasteiger charge is -2.09. The maximum absolute atomic E-state index is 12.1. The van der Waals surface area contributed by atoms with E-state index in [1.54, 1.807) is 0 Å². The van der Waals surface area contributed by atoms with E-state index in [0.717, 1.165) is 30.5 Å². The lowest BCUT2D eigenvalue weighted by atomic mass is 9.96. The third-order valence-electron chi connectivity index (χ3n) is 5.33. The minimum absolute atomic E-state index is 0.274. The third kappa shape index (κ3) is 4.61. The van der Waals surface area contributed by atoms with Crippen molar-refractivity contribution in [3.05, 3.63) is 101 Å². The molecule has 0 radical (unpaired) electrons. The molecule has 0 fully saturated rings. The largest absolute Gasteiger partial charge is 0.444 e. The van der Waals surface area contributed by atoms with Gasteiger partial charge in [0.1, 0.15) is 6.61 Å². The Bertz CT molecular complexity index is 948. The summed E-state index contributed by atoms with van der Waals surface area (Å²) in [6.45, 7) is 2.39. The minimum atomic E-state index is -0.419. The van der Waals surface area contributed by atoms with Crippen molar-refractivity contribution in [3.8, 4) is 0 Å². The smallest absolute Gasteiger partial charge is 0.411 e. The van der Waals surface area contributed by atoms with Crippen LogP contribution in [0.25, 0.3) is 0 Å². The van der Waals surface area contributed by atoms with Crippen LogP contribution in [0.3, 0.4) is 0 Å². The number of hydrogen-bond acceptors (Lipinski definition) is 2. The second-order valence-corrected chi connectivity index (χ2v) is 7.63. The van der Waals surface area contributed by atoms with Crippen molar-refractivity contribution >= 4 is 11.8 Å². The Kier molecular flexibility index (Phi) is 5.43. The molecule has 1 N–H and O–H groups in total. The van der Waals surface area contributed by atoms with Gasteiger partial charge in [0.2, 0.25) is 0 Å². The van der Waals surface area contributed by atoms with E-state index in [2.05, 4.69) is 48.6 Å². The van der Waals surface area contributed by atoms with Crippen molar-refractivity contribution < 1.29 is 9.53 Å². The second kappa shape index (κ2) is 8.30. The maximum Gasteiger partial charge on any atom is 0.411 e. The molecule has 3 heteroatoms. The zero-order chi connectivity index (χ0) is 19.3. The topological polar surface area (TPSA) is 38.3 Å². The molecule has 3 aromatic carbocycles. The van der Waals surface area contributed by atoms with Crippen LogP contribution in [0.15, 0.2) is 72.8 Å². The van der Waals surface area contributed by atoms with Crippen LogP contribution in [-0.4, -0.2) is 6.09 Å². The average Bonchev–Trinajstić information content (AvgIpc) is 3.10. The van der Waals surface area contributed by atoms with Gasteiger partial charge in [-0.15, -0.1) is 0 Å². The summed E-state index contributed by atoms with van der Waals surface area (Å²) in [5, 5.41) is 2.85. The average molecular weight is 371 g/mol. The number of anilines is 1. The normalized spacial score (nSPS) is 15.1. The summed E-state index contributed by atoms with van der Waals surface area (Å²) >= 11 is 0. The van der Waals surface area contributed by atoms with E-state index < -0.39 is 6.09 Å². The highest BCUT2D eigenvalue weighted by molar-refractivity contribution is 5.84.